The van der Waals surface area contributed by atoms with E-state index in [1.807, 2.05) is 7.05 Å². The summed E-state index contributed by atoms with van der Waals surface area (Å²) in [6.07, 6.45) is 0. The SMILES string of the molecule is CNC(C)c1cc(Br)ccc1N(CCOC)C(C)C. The van der Waals surface area contributed by atoms with E-state index >= 15 is 0 Å². The first kappa shape index (κ1) is 16.5. The second-order valence-electron chi connectivity index (χ2n) is 4.99. The van der Waals surface area contributed by atoms with Gasteiger partial charge in [0, 0.05) is 35.9 Å². The minimum absolute atomic E-state index is 0.316. The molecule has 0 bridgehead atoms. The van der Waals surface area contributed by atoms with E-state index in [1.54, 1.807) is 7.11 Å². The highest BCUT2D eigenvalue weighted by atomic mass is 79.9. The molecule has 0 aliphatic carbocycles. The number of rotatable bonds is 7. The van der Waals surface area contributed by atoms with Gasteiger partial charge in [0.15, 0.2) is 0 Å². The van der Waals surface area contributed by atoms with Crippen LogP contribution in [0.15, 0.2) is 22.7 Å². The molecule has 0 amide bonds. The van der Waals surface area contributed by atoms with Gasteiger partial charge in [-0.2, -0.15) is 0 Å². The summed E-state index contributed by atoms with van der Waals surface area (Å²) >= 11 is 3.56. The Kier molecular flexibility index (Phi) is 6.83. The Hall–Kier alpha value is -0.580. The largest absolute Gasteiger partial charge is 0.383 e. The van der Waals surface area contributed by atoms with Gasteiger partial charge in [-0.15, -0.1) is 0 Å². The average molecular weight is 329 g/mol. The minimum atomic E-state index is 0.316. The van der Waals surface area contributed by atoms with E-state index in [2.05, 4.69) is 65.1 Å². The number of methoxy groups -OCH3 is 1. The van der Waals surface area contributed by atoms with Gasteiger partial charge >= 0.3 is 0 Å². The zero-order chi connectivity index (χ0) is 14.4. The molecule has 0 aromatic heterocycles. The second kappa shape index (κ2) is 7.88. The first-order valence-corrected chi connectivity index (χ1v) is 7.52. The zero-order valence-corrected chi connectivity index (χ0v) is 14.1. The van der Waals surface area contributed by atoms with Gasteiger partial charge < -0.3 is 15.0 Å². The van der Waals surface area contributed by atoms with Crippen LogP contribution in [-0.2, 0) is 4.74 Å². The smallest absolute Gasteiger partial charge is 0.0637 e. The molecule has 1 aromatic carbocycles. The summed E-state index contributed by atoms with van der Waals surface area (Å²) in [7, 11) is 3.74. The van der Waals surface area contributed by atoms with Crippen LogP contribution in [0.5, 0.6) is 0 Å². The lowest BCUT2D eigenvalue weighted by molar-refractivity contribution is 0.203. The summed E-state index contributed by atoms with van der Waals surface area (Å²) in [6, 6.07) is 7.24. The molecule has 0 spiro atoms. The maximum atomic E-state index is 5.23. The van der Waals surface area contributed by atoms with Crippen LogP contribution in [-0.4, -0.2) is 33.4 Å². The molecule has 3 nitrogen and oxygen atoms in total. The molecule has 0 heterocycles. The maximum Gasteiger partial charge on any atom is 0.0637 e. The number of benzene rings is 1. The Balaban J connectivity index is 3.13. The van der Waals surface area contributed by atoms with E-state index in [-0.39, 0.29) is 0 Å². The highest BCUT2D eigenvalue weighted by Gasteiger charge is 2.17. The number of ether oxygens (including phenoxy) is 1. The van der Waals surface area contributed by atoms with Gasteiger partial charge in [0.1, 0.15) is 0 Å². The molecule has 19 heavy (non-hydrogen) atoms. The average Bonchev–Trinajstić information content (AvgIpc) is 2.39. The van der Waals surface area contributed by atoms with Crippen LogP contribution in [0.2, 0.25) is 0 Å². The predicted octanol–water partition coefficient (Wildman–Crippen LogP) is 3.59. The molecule has 0 saturated carbocycles. The number of halogens is 1. The summed E-state index contributed by atoms with van der Waals surface area (Å²) in [6.45, 7) is 8.25. The van der Waals surface area contributed by atoms with Crippen LogP contribution >= 0.6 is 15.9 Å². The number of hydrogen-bond acceptors (Lipinski definition) is 3. The van der Waals surface area contributed by atoms with E-state index in [0.717, 1.165) is 17.6 Å². The van der Waals surface area contributed by atoms with Gasteiger partial charge in [-0.1, -0.05) is 15.9 Å². The third-order valence-corrected chi connectivity index (χ3v) is 3.85. The maximum absolute atomic E-state index is 5.23. The van der Waals surface area contributed by atoms with Crippen LogP contribution in [0.25, 0.3) is 0 Å². The van der Waals surface area contributed by atoms with Gasteiger partial charge in [-0.3, -0.25) is 0 Å². The van der Waals surface area contributed by atoms with Gasteiger partial charge in [0.2, 0.25) is 0 Å². The van der Waals surface area contributed by atoms with Crippen molar-refractivity contribution in [2.75, 3.05) is 32.2 Å². The normalized spacial score (nSPS) is 12.8. The lowest BCUT2D eigenvalue weighted by Gasteiger charge is -2.32. The van der Waals surface area contributed by atoms with E-state index in [9.17, 15) is 0 Å². The molecule has 108 valence electrons. The Morgan fingerprint density at radius 2 is 2.00 bits per heavy atom. The van der Waals surface area contributed by atoms with Crippen LogP contribution in [0.1, 0.15) is 32.4 Å². The fraction of sp³-hybridized carbons (Fsp3) is 0.600. The summed E-state index contributed by atoms with van der Waals surface area (Å²) in [5.74, 6) is 0. The van der Waals surface area contributed by atoms with Gasteiger partial charge in [0.25, 0.3) is 0 Å². The second-order valence-corrected chi connectivity index (χ2v) is 5.91. The first-order chi connectivity index (χ1) is 9.01. The summed E-state index contributed by atoms with van der Waals surface area (Å²) in [4.78, 5) is 2.39. The third kappa shape index (κ3) is 4.48. The van der Waals surface area contributed by atoms with Gasteiger partial charge in [-0.05, 0) is 51.6 Å². The van der Waals surface area contributed by atoms with Gasteiger partial charge in [0.05, 0.1) is 6.61 Å². The number of hydrogen-bond donors (Lipinski definition) is 1. The topological polar surface area (TPSA) is 24.5 Å². The van der Waals surface area contributed by atoms with Crippen LogP contribution in [0.4, 0.5) is 5.69 Å². The van der Waals surface area contributed by atoms with Crippen molar-refractivity contribution in [2.45, 2.75) is 32.9 Å². The lowest BCUT2D eigenvalue weighted by atomic mass is 10.0. The standard InChI is InChI=1S/C15H25BrN2O/c1-11(2)18(8-9-19-5)15-7-6-13(16)10-14(15)12(3)17-4/h6-7,10-12,17H,8-9H2,1-5H3. The number of nitrogens with one attached hydrogen (secondary N) is 1. The van der Waals surface area contributed by atoms with Crippen molar-refractivity contribution < 1.29 is 4.74 Å². The molecule has 1 unspecified atom stereocenters. The molecule has 1 aromatic rings. The van der Waals surface area contributed by atoms with E-state index in [0.29, 0.717) is 12.1 Å². The quantitative estimate of drug-likeness (QED) is 0.827. The van der Waals surface area contributed by atoms with Crippen molar-refractivity contribution in [3.63, 3.8) is 0 Å². The molecule has 0 radical (unpaired) electrons. The molecular formula is C15H25BrN2O. The van der Waals surface area contributed by atoms with Crippen molar-refractivity contribution in [3.05, 3.63) is 28.2 Å². The zero-order valence-electron chi connectivity index (χ0n) is 12.5. The Bertz CT molecular complexity index is 396. The first-order valence-electron chi connectivity index (χ1n) is 6.73. The molecule has 1 atom stereocenters. The predicted molar refractivity (Wildman–Crippen MR) is 86.0 cm³/mol. The Labute approximate surface area is 125 Å². The Morgan fingerprint density at radius 1 is 1.32 bits per heavy atom. The lowest BCUT2D eigenvalue weighted by Crippen LogP contribution is -2.35. The molecular weight excluding hydrogens is 304 g/mol. The molecule has 1 N–H and O–H groups in total. The molecule has 0 saturated heterocycles. The van der Waals surface area contributed by atoms with Crippen molar-refractivity contribution >= 4 is 21.6 Å². The van der Waals surface area contributed by atoms with Crippen LogP contribution < -0.4 is 10.2 Å². The molecule has 4 heteroatoms. The highest BCUT2D eigenvalue weighted by molar-refractivity contribution is 9.10. The van der Waals surface area contributed by atoms with Gasteiger partial charge in [-0.25, -0.2) is 0 Å². The monoisotopic (exact) mass is 328 g/mol. The number of nitrogens with zero attached hydrogens (tertiary/aromatic N) is 1. The third-order valence-electron chi connectivity index (χ3n) is 3.36. The fourth-order valence-electron chi connectivity index (χ4n) is 2.14. The van der Waals surface area contributed by atoms with Crippen LogP contribution in [0.3, 0.4) is 0 Å². The van der Waals surface area contributed by atoms with E-state index in [4.69, 9.17) is 4.74 Å². The van der Waals surface area contributed by atoms with Crippen molar-refractivity contribution in [2.24, 2.45) is 0 Å². The van der Waals surface area contributed by atoms with Crippen LogP contribution in [0, 0.1) is 0 Å². The van der Waals surface area contributed by atoms with Crippen molar-refractivity contribution in [1.29, 1.82) is 0 Å². The fourth-order valence-corrected chi connectivity index (χ4v) is 2.51. The molecule has 0 aliphatic heterocycles. The molecule has 0 fully saturated rings. The summed E-state index contributed by atoms with van der Waals surface area (Å²) in [5.41, 5.74) is 2.58. The molecule has 0 aliphatic rings. The van der Waals surface area contributed by atoms with E-state index < -0.39 is 0 Å². The van der Waals surface area contributed by atoms with Crippen molar-refractivity contribution in [1.82, 2.24) is 5.32 Å². The summed E-state index contributed by atoms with van der Waals surface area (Å²) in [5, 5.41) is 3.32. The Morgan fingerprint density at radius 3 is 2.53 bits per heavy atom. The highest BCUT2D eigenvalue weighted by Crippen LogP contribution is 2.30. The minimum Gasteiger partial charge on any atom is -0.383 e. The number of anilines is 1. The van der Waals surface area contributed by atoms with E-state index in [1.165, 1.54) is 11.3 Å². The van der Waals surface area contributed by atoms with Crippen molar-refractivity contribution in [3.8, 4) is 0 Å². The molecule has 1 rings (SSSR count). The summed E-state index contributed by atoms with van der Waals surface area (Å²) < 4.78 is 6.34.